The second-order valence-electron chi connectivity index (χ2n) is 7.35. The molecule has 7 heteroatoms. The van der Waals surface area contributed by atoms with E-state index in [-0.39, 0.29) is 11.8 Å². The summed E-state index contributed by atoms with van der Waals surface area (Å²) in [6.45, 7) is 5.99. The first-order valence-electron chi connectivity index (χ1n) is 9.51. The lowest BCUT2D eigenvalue weighted by atomic mass is 10.1. The van der Waals surface area contributed by atoms with Crippen molar-refractivity contribution in [2.24, 2.45) is 5.92 Å². The minimum Gasteiger partial charge on any atom is -0.350 e. The van der Waals surface area contributed by atoms with Crippen LogP contribution in [0.15, 0.2) is 18.5 Å². The van der Waals surface area contributed by atoms with Crippen LogP contribution < -0.4 is 5.32 Å². The lowest BCUT2D eigenvalue weighted by molar-refractivity contribution is -0.124. The van der Waals surface area contributed by atoms with Gasteiger partial charge < -0.3 is 5.32 Å². The topological polar surface area (TPSA) is 75.9 Å². The first-order chi connectivity index (χ1) is 12.7. The lowest BCUT2D eigenvalue weighted by Crippen LogP contribution is -2.33. The number of amides is 1. The molecule has 3 heterocycles. The first-order valence-corrected chi connectivity index (χ1v) is 9.51. The average Bonchev–Trinajstić information content (AvgIpc) is 3.31. The summed E-state index contributed by atoms with van der Waals surface area (Å²) in [5.41, 5.74) is 4.16. The molecule has 0 atom stereocenters. The van der Waals surface area contributed by atoms with Crippen molar-refractivity contribution in [3.63, 3.8) is 0 Å². The third-order valence-electron chi connectivity index (χ3n) is 5.45. The summed E-state index contributed by atoms with van der Waals surface area (Å²) in [6, 6.07) is 2.12. The molecule has 2 aromatic heterocycles. The maximum Gasteiger partial charge on any atom is 0.223 e. The Bertz CT molecular complexity index is 780. The van der Waals surface area contributed by atoms with Gasteiger partial charge in [0, 0.05) is 37.9 Å². The minimum absolute atomic E-state index is 0.188. The van der Waals surface area contributed by atoms with Crippen LogP contribution in [-0.4, -0.2) is 37.1 Å². The number of hydrogen-bond acceptors (Lipinski definition) is 5. The van der Waals surface area contributed by atoms with E-state index in [1.165, 1.54) is 18.5 Å². The van der Waals surface area contributed by atoms with Gasteiger partial charge in [-0.05, 0) is 25.8 Å². The van der Waals surface area contributed by atoms with Crippen molar-refractivity contribution in [2.45, 2.75) is 58.8 Å². The monoisotopic (exact) mass is 354 g/mol. The van der Waals surface area contributed by atoms with Gasteiger partial charge in [-0.15, -0.1) is 0 Å². The van der Waals surface area contributed by atoms with Crippen molar-refractivity contribution in [3.05, 3.63) is 41.2 Å². The van der Waals surface area contributed by atoms with Crippen LogP contribution in [0, 0.1) is 12.8 Å². The van der Waals surface area contributed by atoms with Crippen molar-refractivity contribution in [1.82, 2.24) is 30.0 Å². The zero-order valence-corrected chi connectivity index (χ0v) is 15.3. The van der Waals surface area contributed by atoms with Crippen LogP contribution in [0.25, 0.3) is 0 Å². The molecule has 2 aliphatic rings. The fraction of sp³-hybridized carbons (Fsp3) is 0.579. The second kappa shape index (κ2) is 7.53. The number of carbonyl (C=O) groups is 1. The SMILES string of the molecule is Cc1nccnc1CN1CCn2nc(CNC(=O)C3CCCC3)cc2C1. The number of nitrogens with zero attached hydrogens (tertiary/aromatic N) is 5. The molecule has 0 saturated heterocycles. The number of rotatable bonds is 5. The molecule has 7 nitrogen and oxygen atoms in total. The third-order valence-corrected chi connectivity index (χ3v) is 5.45. The van der Waals surface area contributed by atoms with E-state index in [1.807, 2.05) is 6.92 Å². The molecule has 1 aliphatic carbocycles. The summed E-state index contributed by atoms with van der Waals surface area (Å²) in [5, 5.41) is 7.72. The fourth-order valence-corrected chi connectivity index (χ4v) is 3.91. The summed E-state index contributed by atoms with van der Waals surface area (Å²) < 4.78 is 2.07. The molecule has 2 aromatic rings. The van der Waals surface area contributed by atoms with Gasteiger partial charge in [0.2, 0.25) is 5.91 Å². The quantitative estimate of drug-likeness (QED) is 0.886. The average molecular weight is 354 g/mol. The Kier molecular flexibility index (Phi) is 4.97. The van der Waals surface area contributed by atoms with Crippen molar-refractivity contribution < 1.29 is 4.79 Å². The van der Waals surface area contributed by atoms with Gasteiger partial charge in [-0.25, -0.2) is 0 Å². The summed E-state index contributed by atoms with van der Waals surface area (Å²) in [5.74, 6) is 0.395. The first kappa shape index (κ1) is 17.1. The predicted octanol–water partition coefficient (Wildman–Crippen LogP) is 1.80. The Morgan fingerprint density at radius 1 is 1.23 bits per heavy atom. The highest BCUT2D eigenvalue weighted by Crippen LogP contribution is 2.24. The number of nitrogens with one attached hydrogen (secondary N) is 1. The highest BCUT2D eigenvalue weighted by atomic mass is 16.1. The molecular weight excluding hydrogens is 328 g/mol. The van der Waals surface area contributed by atoms with Crippen molar-refractivity contribution >= 4 is 5.91 Å². The van der Waals surface area contributed by atoms with E-state index in [2.05, 4.69) is 36.0 Å². The van der Waals surface area contributed by atoms with Crippen LogP contribution in [0.3, 0.4) is 0 Å². The molecular formula is C19H26N6O. The van der Waals surface area contributed by atoms with Crippen LogP contribution in [-0.2, 0) is 31.0 Å². The molecule has 26 heavy (non-hydrogen) atoms. The highest BCUT2D eigenvalue weighted by molar-refractivity contribution is 5.78. The Labute approximate surface area is 153 Å². The molecule has 1 saturated carbocycles. The van der Waals surface area contributed by atoms with Crippen LogP contribution >= 0.6 is 0 Å². The molecule has 0 unspecified atom stereocenters. The van der Waals surface area contributed by atoms with E-state index in [0.29, 0.717) is 6.54 Å². The number of fused-ring (bicyclic) bond motifs is 1. The molecule has 0 bridgehead atoms. The molecule has 1 N–H and O–H groups in total. The van der Waals surface area contributed by atoms with Gasteiger partial charge in [0.25, 0.3) is 0 Å². The largest absolute Gasteiger partial charge is 0.350 e. The van der Waals surface area contributed by atoms with Crippen molar-refractivity contribution in [1.29, 1.82) is 0 Å². The zero-order valence-electron chi connectivity index (χ0n) is 15.3. The van der Waals surface area contributed by atoms with Crippen LogP contribution in [0.1, 0.15) is 48.5 Å². The lowest BCUT2D eigenvalue weighted by Gasteiger charge is -2.27. The molecule has 1 fully saturated rings. The van der Waals surface area contributed by atoms with E-state index < -0.39 is 0 Å². The van der Waals surface area contributed by atoms with Crippen LogP contribution in [0.5, 0.6) is 0 Å². The van der Waals surface area contributed by atoms with Gasteiger partial charge in [0.1, 0.15) is 0 Å². The molecule has 1 aliphatic heterocycles. The number of aryl methyl sites for hydroxylation is 1. The van der Waals surface area contributed by atoms with Gasteiger partial charge in [0.15, 0.2) is 0 Å². The maximum atomic E-state index is 12.2. The molecule has 4 rings (SSSR count). The molecule has 0 aromatic carbocycles. The Balaban J connectivity index is 1.34. The molecule has 1 amide bonds. The maximum absolute atomic E-state index is 12.2. The second-order valence-corrected chi connectivity index (χ2v) is 7.35. The van der Waals surface area contributed by atoms with Gasteiger partial charge in [-0.1, -0.05) is 12.8 Å². The normalized spacial score (nSPS) is 18.0. The highest BCUT2D eigenvalue weighted by Gasteiger charge is 2.23. The van der Waals surface area contributed by atoms with E-state index in [0.717, 1.165) is 56.1 Å². The smallest absolute Gasteiger partial charge is 0.223 e. The van der Waals surface area contributed by atoms with Gasteiger partial charge in [-0.2, -0.15) is 5.10 Å². The molecule has 0 radical (unpaired) electrons. The van der Waals surface area contributed by atoms with E-state index in [1.54, 1.807) is 12.4 Å². The summed E-state index contributed by atoms with van der Waals surface area (Å²) in [4.78, 5) is 23.3. The van der Waals surface area contributed by atoms with E-state index >= 15 is 0 Å². The third kappa shape index (κ3) is 3.77. The van der Waals surface area contributed by atoms with E-state index in [9.17, 15) is 4.79 Å². The van der Waals surface area contributed by atoms with Gasteiger partial charge >= 0.3 is 0 Å². The van der Waals surface area contributed by atoms with Crippen molar-refractivity contribution in [3.8, 4) is 0 Å². The summed E-state index contributed by atoms with van der Waals surface area (Å²) >= 11 is 0. The number of aromatic nitrogens is 4. The van der Waals surface area contributed by atoms with Gasteiger partial charge in [0.05, 0.1) is 35.9 Å². The Morgan fingerprint density at radius 3 is 2.85 bits per heavy atom. The Morgan fingerprint density at radius 2 is 2.04 bits per heavy atom. The fourth-order valence-electron chi connectivity index (χ4n) is 3.91. The minimum atomic E-state index is 0.188. The number of hydrogen-bond donors (Lipinski definition) is 1. The summed E-state index contributed by atoms with van der Waals surface area (Å²) in [6.07, 6.45) is 7.90. The zero-order chi connectivity index (χ0) is 17.9. The summed E-state index contributed by atoms with van der Waals surface area (Å²) in [7, 11) is 0. The van der Waals surface area contributed by atoms with E-state index in [4.69, 9.17) is 0 Å². The predicted molar refractivity (Wildman–Crippen MR) is 96.9 cm³/mol. The molecule has 0 spiro atoms. The van der Waals surface area contributed by atoms with Crippen molar-refractivity contribution in [2.75, 3.05) is 6.54 Å². The number of carbonyl (C=O) groups excluding carboxylic acids is 1. The standard InChI is InChI=1S/C19H26N6O/c1-14-18(21-7-6-20-14)13-24-8-9-25-17(12-24)10-16(23-25)11-22-19(26)15-4-2-3-5-15/h6-7,10,15H,2-5,8-9,11-13H2,1H3,(H,22,26). The Hall–Kier alpha value is -2.28. The molecule has 138 valence electrons. The van der Waals surface area contributed by atoms with Crippen LogP contribution in [0.4, 0.5) is 0 Å². The van der Waals surface area contributed by atoms with Gasteiger partial charge in [-0.3, -0.25) is 24.3 Å². The van der Waals surface area contributed by atoms with Crippen LogP contribution in [0.2, 0.25) is 0 Å².